The van der Waals surface area contributed by atoms with Crippen LogP contribution in [0.15, 0.2) is 42.0 Å². The highest BCUT2D eigenvalue weighted by Crippen LogP contribution is 2.33. The fourth-order valence-electron chi connectivity index (χ4n) is 2.72. The Balaban J connectivity index is 2.38. The van der Waals surface area contributed by atoms with Crippen molar-refractivity contribution in [2.75, 3.05) is 12.4 Å². The predicted molar refractivity (Wildman–Crippen MR) is 107 cm³/mol. The molecule has 2 rings (SSSR count). The smallest absolute Gasteiger partial charge is 0.266 e. The summed E-state index contributed by atoms with van der Waals surface area (Å²) in [6.07, 6.45) is 1.43. The zero-order valence-corrected chi connectivity index (χ0v) is 16.3. The summed E-state index contributed by atoms with van der Waals surface area (Å²) in [4.78, 5) is 12.6. The van der Waals surface area contributed by atoms with Crippen molar-refractivity contribution in [1.29, 1.82) is 5.26 Å². The number of anilines is 1. The van der Waals surface area contributed by atoms with Crippen molar-refractivity contribution in [3.63, 3.8) is 0 Å². The first-order valence-electron chi connectivity index (χ1n) is 8.69. The summed E-state index contributed by atoms with van der Waals surface area (Å²) in [6, 6.07) is 13.0. The van der Waals surface area contributed by atoms with Crippen LogP contribution in [0, 0.1) is 25.2 Å². The van der Waals surface area contributed by atoms with Gasteiger partial charge in [0.25, 0.3) is 5.91 Å². The van der Waals surface area contributed by atoms with Crippen LogP contribution >= 0.6 is 0 Å². The summed E-state index contributed by atoms with van der Waals surface area (Å²) < 4.78 is 11.2. The topological polar surface area (TPSA) is 71.3 Å². The van der Waals surface area contributed by atoms with E-state index in [2.05, 4.69) is 5.32 Å². The number of ether oxygens (including phenoxy) is 2. The standard InChI is InChI=1S/C22H24N2O3/c1-14(2)27-21-17(7-6-8-20(21)26-5)12-18(13-23)22(25)24-19-10-15(3)9-16(4)11-19/h6-12,14H,1-5H3,(H,24,25)/b18-12-. The van der Waals surface area contributed by atoms with E-state index in [-0.39, 0.29) is 11.7 Å². The lowest BCUT2D eigenvalue weighted by molar-refractivity contribution is -0.112. The van der Waals surface area contributed by atoms with Gasteiger partial charge in [-0.2, -0.15) is 5.26 Å². The van der Waals surface area contributed by atoms with E-state index in [4.69, 9.17) is 9.47 Å². The number of aryl methyl sites for hydroxylation is 2. The number of amides is 1. The molecule has 0 atom stereocenters. The minimum atomic E-state index is -0.471. The normalized spacial score (nSPS) is 11.1. The third kappa shape index (κ3) is 5.35. The second-order valence-corrected chi connectivity index (χ2v) is 6.55. The Hall–Kier alpha value is -3.26. The molecule has 0 aliphatic heterocycles. The zero-order chi connectivity index (χ0) is 20.0. The first-order chi connectivity index (χ1) is 12.8. The van der Waals surface area contributed by atoms with Crippen molar-refractivity contribution in [3.05, 3.63) is 58.7 Å². The fourth-order valence-corrected chi connectivity index (χ4v) is 2.72. The van der Waals surface area contributed by atoms with Gasteiger partial charge in [0, 0.05) is 11.3 Å². The minimum Gasteiger partial charge on any atom is -0.493 e. The molecular weight excluding hydrogens is 340 g/mol. The number of hydrogen-bond donors (Lipinski definition) is 1. The van der Waals surface area contributed by atoms with Crippen molar-refractivity contribution in [3.8, 4) is 17.6 Å². The number of nitrogens with zero attached hydrogens (tertiary/aromatic N) is 1. The van der Waals surface area contributed by atoms with Gasteiger partial charge < -0.3 is 14.8 Å². The van der Waals surface area contributed by atoms with Crippen LogP contribution in [0.25, 0.3) is 6.08 Å². The van der Waals surface area contributed by atoms with Gasteiger partial charge in [0.05, 0.1) is 13.2 Å². The number of rotatable bonds is 6. The Bertz CT molecular complexity index is 888. The number of nitriles is 1. The van der Waals surface area contributed by atoms with Gasteiger partial charge in [-0.25, -0.2) is 0 Å². The molecular formula is C22H24N2O3. The molecule has 2 aromatic carbocycles. The summed E-state index contributed by atoms with van der Waals surface area (Å²) in [7, 11) is 1.55. The van der Waals surface area contributed by atoms with Crippen molar-refractivity contribution in [2.24, 2.45) is 0 Å². The molecule has 0 fully saturated rings. The lowest BCUT2D eigenvalue weighted by Crippen LogP contribution is -2.14. The molecule has 27 heavy (non-hydrogen) atoms. The number of carbonyl (C=O) groups excluding carboxylic acids is 1. The zero-order valence-electron chi connectivity index (χ0n) is 16.3. The highest BCUT2D eigenvalue weighted by atomic mass is 16.5. The summed E-state index contributed by atoms with van der Waals surface area (Å²) in [5.74, 6) is 0.576. The van der Waals surface area contributed by atoms with Crippen LogP contribution < -0.4 is 14.8 Å². The molecule has 2 aromatic rings. The van der Waals surface area contributed by atoms with E-state index < -0.39 is 5.91 Å². The van der Waals surface area contributed by atoms with Crippen LogP contribution in [0.1, 0.15) is 30.5 Å². The fraction of sp³-hybridized carbons (Fsp3) is 0.273. The second-order valence-electron chi connectivity index (χ2n) is 6.55. The maximum absolute atomic E-state index is 12.6. The highest BCUT2D eigenvalue weighted by Gasteiger charge is 2.15. The molecule has 0 heterocycles. The third-order valence-electron chi connectivity index (χ3n) is 3.73. The number of nitrogens with one attached hydrogen (secondary N) is 1. The van der Waals surface area contributed by atoms with Gasteiger partial charge in [0.1, 0.15) is 11.6 Å². The number of carbonyl (C=O) groups is 1. The summed E-state index contributed by atoms with van der Waals surface area (Å²) >= 11 is 0. The number of para-hydroxylation sites is 1. The highest BCUT2D eigenvalue weighted by molar-refractivity contribution is 6.10. The van der Waals surface area contributed by atoms with E-state index in [0.29, 0.717) is 22.7 Å². The summed E-state index contributed by atoms with van der Waals surface area (Å²) in [6.45, 7) is 7.71. The summed E-state index contributed by atoms with van der Waals surface area (Å²) in [5, 5.41) is 12.3. The second kappa shape index (κ2) is 8.91. The Morgan fingerprint density at radius 2 is 1.85 bits per heavy atom. The van der Waals surface area contributed by atoms with Crippen molar-refractivity contribution >= 4 is 17.7 Å². The predicted octanol–water partition coefficient (Wildman–Crippen LogP) is 4.64. The van der Waals surface area contributed by atoms with E-state index in [0.717, 1.165) is 11.1 Å². The Labute approximate surface area is 160 Å². The SMILES string of the molecule is COc1cccc(/C=C(/C#N)C(=O)Nc2cc(C)cc(C)c2)c1OC(C)C. The van der Waals surface area contributed by atoms with E-state index in [1.807, 2.05) is 52.0 Å². The number of hydrogen-bond acceptors (Lipinski definition) is 4. The molecule has 1 N–H and O–H groups in total. The molecule has 0 aliphatic carbocycles. The van der Waals surface area contributed by atoms with Gasteiger partial charge in [-0.3, -0.25) is 4.79 Å². The molecule has 0 saturated carbocycles. The van der Waals surface area contributed by atoms with E-state index >= 15 is 0 Å². The van der Waals surface area contributed by atoms with Gasteiger partial charge in [-0.1, -0.05) is 18.2 Å². The summed E-state index contributed by atoms with van der Waals surface area (Å²) in [5.41, 5.74) is 3.32. The van der Waals surface area contributed by atoms with Crippen LogP contribution in [-0.2, 0) is 4.79 Å². The van der Waals surface area contributed by atoms with E-state index in [1.165, 1.54) is 6.08 Å². The first kappa shape index (κ1) is 20.1. The van der Waals surface area contributed by atoms with Crippen LogP contribution in [0.3, 0.4) is 0 Å². The monoisotopic (exact) mass is 364 g/mol. The Morgan fingerprint density at radius 1 is 1.19 bits per heavy atom. The lowest BCUT2D eigenvalue weighted by Gasteiger charge is -2.16. The molecule has 0 bridgehead atoms. The Morgan fingerprint density at radius 3 is 2.41 bits per heavy atom. The van der Waals surface area contributed by atoms with Gasteiger partial charge in [0.15, 0.2) is 11.5 Å². The van der Waals surface area contributed by atoms with Gasteiger partial charge in [0.2, 0.25) is 0 Å². The molecule has 0 saturated heterocycles. The molecule has 5 nitrogen and oxygen atoms in total. The van der Waals surface area contributed by atoms with Crippen LogP contribution in [0.5, 0.6) is 11.5 Å². The van der Waals surface area contributed by atoms with E-state index in [1.54, 1.807) is 25.3 Å². The maximum Gasteiger partial charge on any atom is 0.266 e. The third-order valence-corrected chi connectivity index (χ3v) is 3.73. The molecule has 0 radical (unpaired) electrons. The van der Waals surface area contributed by atoms with E-state index in [9.17, 15) is 10.1 Å². The Kier molecular flexibility index (Phi) is 6.62. The number of methoxy groups -OCH3 is 1. The number of benzene rings is 2. The van der Waals surface area contributed by atoms with Gasteiger partial charge in [-0.05, 0) is 63.1 Å². The minimum absolute atomic E-state index is 0.0176. The van der Waals surface area contributed by atoms with Crippen LogP contribution in [0.4, 0.5) is 5.69 Å². The molecule has 0 spiro atoms. The van der Waals surface area contributed by atoms with Crippen molar-refractivity contribution in [1.82, 2.24) is 0 Å². The van der Waals surface area contributed by atoms with Gasteiger partial charge >= 0.3 is 0 Å². The van der Waals surface area contributed by atoms with Crippen LogP contribution in [0.2, 0.25) is 0 Å². The van der Waals surface area contributed by atoms with Crippen molar-refractivity contribution in [2.45, 2.75) is 33.8 Å². The first-order valence-corrected chi connectivity index (χ1v) is 8.69. The molecule has 1 amide bonds. The van der Waals surface area contributed by atoms with Crippen LogP contribution in [-0.4, -0.2) is 19.1 Å². The molecule has 0 unspecified atom stereocenters. The molecule has 0 aromatic heterocycles. The maximum atomic E-state index is 12.6. The quantitative estimate of drug-likeness (QED) is 0.598. The molecule has 140 valence electrons. The molecule has 0 aliphatic rings. The van der Waals surface area contributed by atoms with Crippen molar-refractivity contribution < 1.29 is 14.3 Å². The lowest BCUT2D eigenvalue weighted by atomic mass is 10.1. The molecule has 5 heteroatoms. The van der Waals surface area contributed by atoms with Gasteiger partial charge in [-0.15, -0.1) is 0 Å². The average Bonchev–Trinajstić information content (AvgIpc) is 2.59. The largest absolute Gasteiger partial charge is 0.493 e. The average molecular weight is 364 g/mol.